The van der Waals surface area contributed by atoms with E-state index in [0.717, 1.165) is 0 Å². The third-order valence-electron chi connectivity index (χ3n) is 2.19. The van der Waals surface area contributed by atoms with Crippen molar-refractivity contribution in [2.45, 2.75) is 19.1 Å². The minimum atomic E-state index is -0.434. The van der Waals surface area contributed by atoms with Crippen LogP contribution in [-0.2, 0) is 14.3 Å². The van der Waals surface area contributed by atoms with Crippen LogP contribution in [0.2, 0.25) is 0 Å². The number of carbonyl (C=O) groups excluding carboxylic acids is 1. The largest absolute Gasteiger partial charge is 0.382 e. The predicted molar refractivity (Wildman–Crippen MR) is 51.8 cm³/mol. The van der Waals surface area contributed by atoms with E-state index in [-0.39, 0.29) is 12.0 Å². The van der Waals surface area contributed by atoms with E-state index in [4.69, 9.17) is 15.2 Å². The number of morpholine rings is 1. The van der Waals surface area contributed by atoms with Crippen molar-refractivity contribution in [1.29, 1.82) is 0 Å². The molecule has 0 bridgehead atoms. The van der Waals surface area contributed by atoms with Crippen LogP contribution in [-0.4, -0.2) is 56.4 Å². The van der Waals surface area contributed by atoms with Crippen LogP contribution in [0.1, 0.15) is 6.92 Å². The molecule has 0 aliphatic carbocycles. The van der Waals surface area contributed by atoms with E-state index in [2.05, 4.69) is 0 Å². The van der Waals surface area contributed by atoms with E-state index in [1.54, 1.807) is 18.9 Å². The maximum atomic E-state index is 11.6. The highest BCUT2D eigenvalue weighted by Crippen LogP contribution is 2.06. The third kappa shape index (κ3) is 2.94. The average molecular weight is 202 g/mol. The van der Waals surface area contributed by atoms with E-state index in [1.807, 2.05) is 0 Å². The van der Waals surface area contributed by atoms with E-state index >= 15 is 0 Å². The zero-order valence-electron chi connectivity index (χ0n) is 8.73. The number of methoxy groups -OCH3 is 1. The lowest BCUT2D eigenvalue weighted by atomic mass is 10.2. The first-order valence-corrected chi connectivity index (χ1v) is 4.80. The normalized spacial score (nSPS) is 24.8. The number of hydrogen-bond acceptors (Lipinski definition) is 4. The van der Waals surface area contributed by atoms with Crippen molar-refractivity contribution in [3.05, 3.63) is 0 Å². The Balaban J connectivity index is 2.43. The van der Waals surface area contributed by atoms with E-state index in [9.17, 15) is 4.79 Å². The second kappa shape index (κ2) is 5.29. The van der Waals surface area contributed by atoms with Crippen molar-refractivity contribution in [2.75, 3.05) is 33.4 Å². The fourth-order valence-electron chi connectivity index (χ4n) is 1.49. The molecule has 1 aliphatic heterocycles. The molecule has 0 aromatic heterocycles. The standard InChI is InChI=1S/C9H18N2O3/c1-7(10)9(12)11-3-4-14-8(5-11)6-13-2/h7-8H,3-6,10H2,1-2H3/t7-,8?/m0/s1. The monoisotopic (exact) mass is 202 g/mol. The number of carbonyl (C=O) groups is 1. The Kier molecular flexibility index (Phi) is 4.31. The van der Waals surface area contributed by atoms with Crippen LogP contribution in [0.15, 0.2) is 0 Å². The van der Waals surface area contributed by atoms with Crippen molar-refractivity contribution < 1.29 is 14.3 Å². The van der Waals surface area contributed by atoms with Gasteiger partial charge in [0, 0.05) is 20.2 Å². The lowest BCUT2D eigenvalue weighted by Crippen LogP contribution is -2.51. The minimum absolute atomic E-state index is 0.0172. The summed E-state index contributed by atoms with van der Waals surface area (Å²) in [5.74, 6) is -0.0191. The van der Waals surface area contributed by atoms with Gasteiger partial charge in [0.05, 0.1) is 25.4 Å². The molecule has 1 aliphatic rings. The first-order valence-electron chi connectivity index (χ1n) is 4.80. The Labute approximate surface area is 84.1 Å². The van der Waals surface area contributed by atoms with Gasteiger partial charge in [0.15, 0.2) is 0 Å². The maximum absolute atomic E-state index is 11.6. The molecule has 1 unspecified atom stereocenters. The molecule has 0 aromatic carbocycles. The van der Waals surface area contributed by atoms with Crippen LogP contribution in [0.25, 0.3) is 0 Å². The van der Waals surface area contributed by atoms with Crippen LogP contribution < -0.4 is 5.73 Å². The Hall–Kier alpha value is -0.650. The van der Waals surface area contributed by atoms with Gasteiger partial charge in [0.25, 0.3) is 0 Å². The van der Waals surface area contributed by atoms with Crippen molar-refractivity contribution >= 4 is 5.91 Å². The fraction of sp³-hybridized carbons (Fsp3) is 0.889. The Morgan fingerprint density at radius 3 is 3.07 bits per heavy atom. The molecule has 5 nitrogen and oxygen atoms in total. The van der Waals surface area contributed by atoms with Gasteiger partial charge in [0.1, 0.15) is 0 Å². The molecule has 1 saturated heterocycles. The second-order valence-corrected chi connectivity index (χ2v) is 3.52. The van der Waals surface area contributed by atoms with Gasteiger partial charge in [-0.1, -0.05) is 0 Å². The highest BCUT2D eigenvalue weighted by atomic mass is 16.5. The molecular formula is C9H18N2O3. The van der Waals surface area contributed by atoms with Gasteiger partial charge in [-0.3, -0.25) is 4.79 Å². The lowest BCUT2D eigenvalue weighted by molar-refractivity contribution is -0.141. The van der Waals surface area contributed by atoms with E-state index in [0.29, 0.717) is 26.3 Å². The zero-order chi connectivity index (χ0) is 10.6. The van der Waals surface area contributed by atoms with Crippen LogP contribution in [0.5, 0.6) is 0 Å². The predicted octanol–water partition coefficient (Wildman–Crippen LogP) is -0.793. The highest BCUT2D eigenvalue weighted by Gasteiger charge is 2.25. The quantitative estimate of drug-likeness (QED) is 0.651. The average Bonchev–Trinajstić information content (AvgIpc) is 2.17. The Bertz CT molecular complexity index is 194. The molecule has 2 atom stereocenters. The van der Waals surface area contributed by atoms with Crippen molar-refractivity contribution in [3.63, 3.8) is 0 Å². The number of nitrogens with two attached hydrogens (primary N) is 1. The maximum Gasteiger partial charge on any atom is 0.239 e. The third-order valence-corrected chi connectivity index (χ3v) is 2.19. The molecular weight excluding hydrogens is 184 g/mol. The van der Waals surface area contributed by atoms with Crippen molar-refractivity contribution in [3.8, 4) is 0 Å². The number of hydrogen-bond donors (Lipinski definition) is 1. The molecule has 1 fully saturated rings. The molecule has 14 heavy (non-hydrogen) atoms. The molecule has 0 spiro atoms. The van der Waals surface area contributed by atoms with Crippen LogP contribution in [0.4, 0.5) is 0 Å². The molecule has 5 heteroatoms. The number of ether oxygens (including phenoxy) is 2. The van der Waals surface area contributed by atoms with Gasteiger partial charge in [-0.2, -0.15) is 0 Å². The molecule has 1 rings (SSSR count). The number of rotatable bonds is 3. The van der Waals surface area contributed by atoms with Crippen molar-refractivity contribution in [1.82, 2.24) is 4.90 Å². The summed E-state index contributed by atoms with van der Waals surface area (Å²) in [5, 5.41) is 0. The summed E-state index contributed by atoms with van der Waals surface area (Å²) in [6.45, 7) is 3.98. The first kappa shape index (κ1) is 11.4. The smallest absolute Gasteiger partial charge is 0.239 e. The molecule has 1 heterocycles. The van der Waals surface area contributed by atoms with E-state index < -0.39 is 6.04 Å². The zero-order valence-corrected chi connectivity index (χ0v) is 8.73. The van der Waals surface area contributed by atoms with Crippen molar-refractivity contribution in [2.24, 2.45) is 5.73 Å². The lowest BCUT2D eigenvalue weighted by Gasteiger charge is -2.33. The molecule has 2 N–H and O–H groups in total. The number of amides is 1. The summed E-state index contributed by atoms with van der Waals surface area (Å²) in [7, 11) is 1.62. The SMILES string of the molecule is COCC1CN(C(=O)[C@H](C)N)CCO1. The minimum Gasteiger partial charge on any atom is -0.382 e. The van der Waals surface area contributed by atoms with Gasteiger partial charge in [0.2, 0.25) is 5.91 Å². The van der Waals surface area contributed by atoms with Gasteiger partial charge in [-0.25, -0.2) is 0 Å². The summed E-state index contributed by atoms with van der Waals surface area (Å²) in [5.41, 5.74) is 5.52. The summed E-state index contributed by atoms with van der Waals surface area (Å²) in [6, 6.07) is -0.434. The highest BCUT2D eigenvalue weighted by molar-refractivity contribution is 5.81. The summed E-state index contributed by atoms with van der Waals surface area (Å²) < 4.78 is 10.4. The molecule has 0 saturated carbocycles. The van der Waals surface area contributed by atoms with Crippen LogP contribution >= 0.6 is 0 Å². The number of nitrogens with zero attached hydrogens (tertiary/aromatic N) is 1. The van der Waals surface area contributed by atoms with Crippen LogP contribution in [0, 0.1) is 0 Å². The van der Waals surface area contributed by atoms with Gasteiger partial charge >= 0.3 is 0 Å². The summed E-state index contributed by atoms with van der Waals surface area (Å²) in [4.78, 5) is 13.3. The van der Waals surface area contributed by atoms with Crippen LogP contribution in [0.3, 0.4) is 0 Å². The fourth-order valence-corrected chi connectivity index (χ4v) is 1.49. The van der Waals surface area contributed by atoms with E-state index in [1.165, 1.54) is 0 Å². The summed E-state index contributed by atoms with van der Waals surface area (Å²) >= 11 is 0. The van der Waals surface area contributed by atoms with Gasteiger partial charge in [-0.05, 0) is 6.92 Å². The molecule has 82 valence electrons. The Morgan fingerprint density at radius 2 is 2.50 bits per heavy atom. The van der Waals surface area contributed by atoms with Gasteiger partial charge < -0.3 is 20.1 Å². The summed E-state index contributed by atoms with van der Waals surface area (Å²) in [6.07, 6.45) is -0.0172. The molecule has 1 amide bonds. The first-order chi connectivity index (χ1) is 6.65. The van der Waals surface area contributed by atoms with Gasteiger partial charge in [-0.15, -0.1) is 0 Å². The Morgan fingerprint density at radius 1 is 1.79 bits per heavy atom. The molecule has 0 radical (unpaired) electrons. The second-order valence-electron chi connectivity index (χ2n) is 3.52. The molecule has 0 aromatic rings. The topological polar surface area (TPSA) is 64.8 Å².